The van der Waals surface area contributed by atoms with E-state index in [-0.39, 0.29) is 5.41 Å². The highest BCUT2D eigenvalue weighted by atomic mass is 35.5. The molecule has 1 atom stereocenters. The summed E-state index contributed by atoms with van der Waals surface area (Å²) in [5.74, 6) is 0. The van der Waals surface area contributed by atoms with E-state index in [2.05, 4.69) is 4.98 Å². The summed E-state index contributed by atoms with van der Waals surface area (Å²) in [6.07, 6.45) is 6.57. The van der Waals surface area contributed by atoms with Gasteiger partial charge in [0.15, 0.2) is 0 Å². The van der Waals surface area contributed by atoms with Crippen molar-refractivity contribution < 1.29 is 5.11 Å². The number of nitrogens with zero attached hydrogens (tertiary/aromatic N) is 2. The number of halogens is 1. The van der Waals surface area contributed by atoms with Crippen LogP contribution < -0.4 is 0 Å². The predicted molar refractivity (Wildman–Crippen MR) is 83.3 cm³/mol. The zero-order chi connectivity index (χ0) is 14.8. The molecular weight excluding hydrogens is 272 g/mol. The van der Waals surface area contributed by atoms with Crippen LogP contribution in [0.15, 0.2) is 43.0 Å². The standard InChI is InChI=1S/C16H19ClN2O/c1-16(2,3)15(20)14(19-9-8-18-11-19)10-12-4-6-13(17)7-5-12/h4-11,15,20H,1-3H3/b14-10-. The first-order valence-corrected chi connectivity index (χ1v) is 6.89. The van der Waals surface area contributed by atoms with E-state index < -0.39 is 6.10 Å². The molecule has 2 rings (SSSR count). The SMILES string of the molecule is CC(C)(C)C(O)/C(=C/c1ccc(Cl)cc1)n1ccnc1. The largest absolute Gasteiger partial charge is 0.386 e. The highest BCUT2D eigenvalue weighted by Crippen LogP contribution is 2.29. The van der Waals surface area contributed by atoms with Gasteiger partial charge >= 0.3 is 0 Å². The molecule has 0 fully saturated rings. The quantitative estimate of drug-likeness (QED) is 0.930. The Hall–Kier alpha value is -1.58. The Morgan fingerprint density at radius 3 is 2.45 bits per heavy atom. The molecule has 106 valence electrons. The van der Waals surface area contributed by atoms with E-state index in [0.717, 1.165) is 11.3 Å². The molecule has 2 aromatic rings. The Bertz CT molecular complexity index is 580. The fourth-order valence-electron chi connectivity index (χ4n) is 1.88. The number of aromatic nitrogens is 2. The highest BCUT2D eigenvalue weighted by molar-refractivity contribution is 6.30. The van der Waals surface area contributed by atoms with Crippen LogP contribution in [-0.2, 0) is 0 Å². The molecule has 0 aliphatic carbocycles. The summed E-state index contributed by atoms with van der Waals surface area (Å²) in [7, 11) is 0. The van der Waals surface area contributed by atoms with Gasteiger partial charge in [-0.25, -0.2) is 4.98 Å². The van der Waals surface area contributed by atoms with E-state index in [1.165, 1.54) is 0 Å². The molecule has 0 spiro atoms. The van der Waals surface area contributed by atoms with Crippen molar-refractivity contribution >= 4 is 23.4 Å². The van der Waals surface area contributed by atoms with Crippen LogP contribution in [0.3, 0.4) is 0 Å². The van der Waals surface area contributed by atoms with E-state index in [1.807, 2.05) is 61.9 Å². The van der Waals surface area contributed by atoms with Gasteiger partial charge < -0.3 is 9.67 Å². The Labute approximate surface area is 124 Å². The number of aliphatic hydroxyl groups is 1. The van der Waals surface area contributed by atoms with Crippen molar-refractivity contribution in [2.45, 2.75) is 26.9 Å². The summed E-state index contributed by atoms with van der Waals surface area (Å²) >= 11 is 5.90. The van der Waals surface area contributed by atoms with Crippen LogP contribution in [0, 0.1) is 5.41 Å². The highest BCUT2D eigenvalue weighted by Gasteiger charge is 2.26. The topological polar surface area (TPSA) is 38.0 Å². The lowest BCUT2D eigenvalue weighted by Crippen LogP contribution is -2.29. The Kier molecular flexibility index (Phi) is 4.31. The number of benzene rings is 1. The number of hydrogen-bond donors (Lipinski definition) is 1. The molecule has 0 bridgehead atoms. The minimum atomic E-state index is -0.604. The van der Waals surface area contributed by atoms with E-state index in [9.17, 15) is 5.11 Å². The van der Waals surface area contributed by atoms with Crippen LogP contribution in [0.2, 0.25) is 5.02 Å². The summed E-state index contributed by atoms with van der Waals surface area (Å²) in [5, 5.41) is 11.3. The number of aliphatic hydroxyl groups excluding tert-OH is 1. The first-order chi connectivity index (χ1) is 9.38. The average molecular weight is 291 g/mol. The molecule has 1 aromatic heterocycles. The van der Waals surface area contributed by atoms with E-state index in [0.29, 0.717) is 5.02 Å². The average Bonchev–Trinajstić information content (AvgIpc) is 2.90. The minimum Gasteiger partial charge on any atom is -0.386 e. The van der Waals surface area contributed by atoms with Crippen LogP contribution >= 0.6 is 11.6 Å². The van der Waals surface area contributed by atoms with Crippen molar-refractivity contribution in [3.63, 3.8) is 0 Å². The Morgan fingerprint density at radius 2 is 1.95 bits per heavy atom. The van der Waals surface area contributed by atoms with Gasteiger partial charge in [-0.1, -0.05) is 44.5 Å². The number of imidazole rings is 1. The lowest BCUT2D eigenvalue weighted by atomic mass is 9.86. The summed E-state index contributed by atoms with van der Waals surface area (Å²) in [5.41, 5.74) is 1.52. The maximum Gasteiger partial charge on any atom is 0.0991 e. The lowest BCUT2D eigenvalue weighted by molar-refractivity contribution is 0.110. The molecule has 1 unspecified atom stereocenters. The molecule has 0 saturated carbocycles. The van der Waals surface area contributed by atoms with Crippen LogP contribution in [0.4, 0.5) is 0 Å². The van der Waals surface area contributed by atoms with Crippen molar-refractivity contribution in [3.8, 4) is 0 Å². The second-order valence-electron chi connectivity index (χ2n) is 5.86. The normalized spacial score (nSPS) is 14.3. The van der Waals surface area contributed by atoms with Gasteiger partial charge in [-0.2, -0.15) is 0 Å². The summed E-state index contributed by atoms with van der Waals surface area (Å²) in [6, 6.07) is 7.52. The van der Waals surface area contributed by atoms with Crippen LogP contribution in [0.1, 0.15) is 26.3 Å². The summed E-state index contributed by atoms with van der Waals surface area (Å²) in [6.45, 7) is 6.01. The molecule has 20 heavy (non-hydrogen) atoms. The Morgan fingerprint density at radius 1 is 1.30 bits per heavy atom. The molecule has 1 aromatic carbocycles. The van der Waals surface area contributed by atoms with E-state index >= 15 is 0 Å². The van der Waals surface area contributed by atoms with Crippen molar-refractivity contribution in [1.29, 1.82) is 0 Å². The molecular formula is C16H19ClN2O. The first-order valence-electron chi connectivity index (χ1n) is 6.51. The molecule has 3 nitrogen and oxygen atoms in total. The van der Waals surface area contributed by atoms with Crippen LogP contribution in [-0.4, -0.2) is 20.8 Å². The van der Waals surface area contributed by atoms with Gasteiger partial charge in [-0.15, -0.1) is 0 Å². The number of hydrogen-bond acceptors (Lipinski definition) is 2. The third kappa shape index (κ3) is 3.50. The fourth-order valence-corrected chi connectivity index (χ4v) is 2.01. The minimum absolute atomic E-state index is 0.261. The predicted octanol–water partition coefficient (Wildman–Crippen LogP) is 3.94. The molecule has 4 heteroatoms. The third-order valence-electron chi connectivity index (χ3n) is 3.09. The van der Waals surface area contributed by atoms with Crippen LogP contribution in [0.25, 0.3) is 11.8 Å². The maximum atomic E-state index is 10.6. The molecule has 1 N–H and O–H groups in total. The monoisotopic (exact) mass is 290 g/mol. The van der Waals surface area contributed by atoms with Crippen molar-refractivity contribution in [3.05, 3.63) is 53.6 Å². The fraction of sp³-hybridized carbons (Fsp3) is 0.312. The van der Waals surface area contributed by atoms with Gasteiger partial charge in [-0.3, -0.25) is 0 Å². The molecule has 0 amide bonds. The molecule has 0 saturated heterocycles. The van der Waals surface area contributed by atoms with Crippen LogP contribution in [0.5, 0.6) is 0 Å². The first kappa shape index (κ1) is 14.8. The second-order valence-corrected chi connectivity index (χ2v) is 6.30. The van der Waals surface area contributed by atoms with Gasteiger partial charge in [-0.05, 0) is 29.2 Å². The van der Waals surface area contributed by atoms with Crippen molar-refractivity contribution in [2.75, 3.05) is 0 Å². The van der Waals surface area contributed by atoms with Crippen molar-refractivity contribution in [1.82, 2.24) is 9.55 Å². The molecule has 1 heterocycles. The van der Waals surface area contributed by atoms with Crippen molar-refractivity contribution in [2.24, 2.45) is 5.41 Å². The van der Waals surface area contributed by atoms with Gasteiger partial charge in [0.1, 0.15) is 0 Å². The Balaban J connectivity index is 2.44. The summed E-state index contributed by atoms with van der Waals surface area (Å²) < 4.78 is 1.84. The van der Waals surface area contributed by atoms with E-state index in [4.69, 9.17) is 11.6 Å². The zero-order valence-corrected chi connectivity index (χ0v) is 12.7. The number of rotatable bonds is 3. The zero-order valence-electron chi connectivity index (χ0n) is 11.9. The smallest absolute Gasteiger partial charge is 0.0991 e. The van der Waals surface area contributed by atoms with Gasteiger partial charge in [0, 0.05) is 17.4 Å². The lowest BCUT2D eigenvalue weighted by Gasteiger charge is -2.28. The van der Waals surface area contributed by atoms with E-state index in [1.54, 1.807) is 12.5 Å². The second kappa shape index (κ2) is 5.81. The third-order valence-corrected chi connectivity index (χ3v) is 3.34. The van der Waals surface area contributed by atoms with Gasteiger partial charge in [0.25, 0.3) is 0 Å². The van der Waals surface area contributed by atoms with Gasteiger partial charge in [0.05, 0.1) is 18.1 Å². The molecule has 0 radical (unpaired) electrons. The van der Waals surface area contributed by atoms with Gasteiger partial charge in [0.2, 0.25) is 0 Å². The maximum absolute atomic E-state index is 10.6. The molecule has 0 aliphatic rings. The summed E-state index contributed by atoms with van der Waals surface area (Å²) in [4.78, 5) is 4.05. The molecule has 0 aliphatic heterocycles.